The van der Waals surface area contributed by atoms with Crippen molar-refractivity contribution in [3.05, 3.63) is 59.7 Å². The molecule has 0 aliphatic heterocycles. The average molecular weight is 372 g/mol. The van der Waals surface area contributed by atoms with Crippen molar-refractivity contribution in [2.24, 2.45) is 0 Å². The van der Waals surface area contributed by atoms with Crippen LogP contribution in [0.1, 0.15) is 41.0 Å². The molecule has 0 aliphatic carbocycles. The van der Waals surface area contributed by atoms with Crippen molar-refractivity contribution in [2.75, 3.05) is 5.32 Å². The minimum atomic E-state index is -1.01. The lowest BCUT2D eigenvalue weighted by atomic mass is 10.2. The summed E-state index contributed by atoms with van der Waals surface area (Å²) in [5.74, 6) is -0.650. The molecule has 2 rings (SSSR count). The molecule has 0 aliphatic rings. The van der Waals surface area contributed by atoms with Gasteiger partial charge in [0, 0.05) is 11.3 Å². The summed E-state index contributed by atoms with van der Waals surface area (Å²) in [6.45, 7) is 4.02. The summed E-state index contributed by atoms with van der Waals surface area (Å²) >= 11 is 5.11. The summed E-state index contributed by atoms with van der Waals surface area (Å²) in [6, 6.07) is 12.8. The molecule has 0 aromatic heterocycles. The Morgan fingerprint density at radius 2 is 1.65 bits per heavy atom. The van der Waals surface area contributed by atoms with Gasteiger partial charge in [0.1, 0.15) is 5.75 Å². The first-order valence-corrected chi connectivity index (χ1v) is 8.52. The van der Waals surface area contributed by atoms with E-state index in [0.29, 0.717) is 17.0 Å². The maximum atomic E-state index is 12.2. The Kier molecular flexibility index (Phi) is 6.68. The lowest BCUT2D eigenvalue weighted by Crippen LogP contribution is -2.34. The smallest absolute Gasteiger partial charge is 0.335 e. The van der Waals surface area contributed by atoms with Crippen LogP contribution < -0.4 is 15.4 Å². The molecule has 2 aromatic carbocycles. The molecular formula is C19H20N2O4S. The van der Waals surface area contributed by atoms with Crippen molar-refractivity contribution in [3.63, 3.8) is 0 Å². The fourth-order valence-corrected chi connectivity index (χ4v) is 2.24. The molecule has 0 saturated carbocycles. The number of ether oxygens (including phenoxy) is 1. The van der Waals surface area contributed by atoms with E-state index in [4.69, 9.17) is 22.1 Å². The number of thiocarbonyl (C=S) groups is 1. The maximum absolute atomic E-state index is 12.2. The second kappa shape index (κ2) is 8.96. The lowest BCUT2D eigenvalue weighted by Gasteiger charge is -2.13. The number of hydrogen-bond acceptors (Lipinski definition) is 4. The number of amides is 1. The SMILES string of the molecule is CCC(C)Oc1ccc(C(=O)NC(=S)Nc2ccc(C(=O)O)cc2)cc1. The summed E-state index contributed by atoms with van der Waals surface area (Å²) < 4.78 is 5.67. The Morgan fingerprint density at radius 1 is 1.08 bits per heavy atom. The van der Waals surface area contributed by atoms with E-state index < -0.39 is 5.97 Å². The highest BCUT2D eigenvalue weighted by atomic mass is 32.1. The van der Waals surface area contributed by atoms with E-state index in [-0.39, 0.29) is 22.7 Å². The second-order valence-corrected chi connectivity index (χ2v) is 6.06. The van der Waals surface area contributed by atoms with E-state index in [1.807, 2.05) is 13.8 Å². The molecule has 1 amide bonds. The van der Waals surface area contributed by atoms with Crippen LogP contribution in [0.15, 0.2) is 48.5 Å². The minimum absolute atomic E-state index is 0.110. The third-order valence-corrected chi connectivity index (χ3v) is 3.85. The zero-order valence-corrected chi connectivity index (χ0v) is 15.3. The first-order chi connectivity index (χ1) is 12.4. The van der Waals surface area contributed by atoms with Crippen LogP contribution in [0, 0.1) is 0 Å². The molecule has 26 heavy (non-hydrogen) atoms. The van der Waals surface area contributed by atoms with Gasteiger partial charge in [0.25, 0.3) is 5.91 Å². The molecule has 7 heteroatoms. The quantitative estimate of drug-likeness (QED) is 0.671. The van der Waals surface area contributed by atoms with Crippen LogP contribution >= 0.6 is 12.2 Å². The van der Waals surface area contributed by atoms with Crippen molar-refractivity contribution in [2.45, 2.75) is 26.4 Å². The number of carbonyl (C=O) groups excluding carboxylic acids is 1. The number of benzene rings is 2. The summed E-state index contributed by atoms with van der Waals surface area (Å²) in [5.41, 5.74) is 1.20. The maximum Gasteiger partial charge on any atom is 0.335 e. The third-order valence-electron chi connectivity index (χ3n) is 3.65. The fourth-order valence-electron chi connectivity index (χ4n) is 2.03. The largest absolute Gasteiger partial charge is 0.491 e. The molecule has 0 saturated heterocycles. The van der Waals surface area contributed by atoms with Crippen LogP contribution in [-0.2, 0) is 0 Å². The molecule has 0 fully saturated rings. The Balaban J connectivity index is 1.92. The highest BCUT2D eigenvalue weighted by Gasteiger charge is 2.09. The monoisotopic (exact) mass is 372 g/mol. The fraction of sp³-hybridized carbons (Fsp3) is 0.211. The summed E-state index contributed by atoms with van der Waals surface area (Å²) in [4.78, 5) is 23.0. The van der Waals surface area contributed by atoms with Crippen molar-refractivity contribution in [1.82, 2.24) is 5.32 Å². The predicted octanol–water partition coefficient (Wildman–Crippen LogP) is 3.69. The van der Waals surface area contributed by atoms with Gasteiger partial charge in [-0.15, -0.1) is 0 Å². The first kappa shape index (κ1) is 19.4. The van der Waals surface area contributed by atoms with Gasteiger partial charge in [-0.1, -0.05) is 6.92 Å². The number of rotatable bonds is 6. The van der Waals surface area contributed by atoms with Gasteiger partial charge in [-0.2, -0.15) is 0 Å². The number of carboxylic acids is 1. The standard InChI is InChI=1S/C19H20N2O4S/c1-3-12(2)25-16-10-6-13(7-11-16)17(22)21-19(26)20-15-8-4-14(5-9-15)18(23)24/h4-12H,3H2,1-2H3,(H,23,24)(H2,20,21,22,26). The van der Waals surface area contributed by atoms with E-state index in [1.165, 1.54) is 12.1 Å². The normalized spacial score (nSPS) is 11.3. The Hall–Kier alpha value is -2.93. The molecule has 3 N–H and O–H groups in total. The van der Waals surface area contributed by atoms with E-state index in [9.17, 15) is 9.59 Å². The van der Waals surface area contributed by atoms with Crippen LogP contribution in [-0.4, -0.2) is 28.2 Å². The highest BCUT2D eigenvalue weighted by Crippen LogP contribution is 2.15. The van der Waals surface area contributed by atoms with Gasteiger partial charge in [0.2, 0.25) is 0 Å². The number of carbonyl (C=O) groups is 2. The predicted molar refractivity (Wildman–Crippen MR) is 104 cm³/mol. The minimum Gasteiger partial charge on any atom is -0.491 e. The first-order valence-electron chi connectivity index (χ1n) is 8.11. The van der Waals surface area contributed by atoms with Crippen LogP contribution in [0.2, 0.25) is 0 Å². The van der Waals surface area contributed by atoms with Crippen molar-refractivity contribution >= 4 is 34.9 Å². The summed E-state index contributed by atoms with van der Waals surface area (Å²) in [5, 5.41) is 14.4. The number of hydrogen-bond donors (Lipinski definition) is 3. The van der Waals surface area contributed by atoms with Gasteiger partial charge in [0.15, 0.2) is 5.11 Å². The molecule has 2 aromatic rings. The molecular weight excluding hydrogens is 352 g/mol. The number of nitrogens with one attached hydrogen (secondary N) is 2. The van der Waals surface area contributed by atoms with Crippen LogP contribution in [0.3, 0.4) is 0 Å². The van der Waals surface area contributed by atoms with Gasteiger partial charge >= 0.3 is 5.97 Å². The van der Waals surface area contributed by atoms with Crippen LogP contribution in [0.4, 0.5) is 5.69 Å². The van der Waals surface area contributed by atoms with E-state index >= 15 is 0 Å². The van der Waals surface area contributed by atoms with E-state index in [0.717, 1.165) is 6.42 Å². The molecule has 1 atom stereocenters. The highest BCUT2D eigenvalue weighted by molar-refractivity contribution is 7.80. The number of anilines is 1. The van der Waals surface area contributed by atoms with Gasteiger partial charge < -0.3 is 15.2 Å². The van der Waals surface area contributed by atoms with Gasteiger partial charge in [-0.25, -0.2) is 4.79 Å². The van der Waals surface area contributed by atoms with Crippen molar-refractivity contribution in [3.8, 4) is 5.75 Å². The lowest BCUT2D eigenvalue weighted by molar-refractivity contribution is 0.0696. The molecule has 0 bridgehead atoms. The van der Waals surface area contributed by atoms with Gasteiger partial charge in [-0.05, 0) is 74.1 Å². The third kappa shape index (κ3) is 5.56. The van der Waals surface area contributed by atoms with Crippen molar-refractivity contribution < 1.29 is 19.4 Å². The molecule has 0 heterocycles. The second-order valence-electron chi connectivity index (χ2n) is 5.65. The molecule has 0 radical (unpaired) electrons. The number of aromatic carboxylic acids is 1. The zero-order valence-electron chi connectivity index (χ0n) is 14.5. The van der Waals surface area contributed by atoms with Gasteiger partial charge in [0.05, 0.1) is 11.7 Å². The molecule has 6 nitrogen and oxygen atoms in total. The Bertz CT molecular complexity index is 788. The van der Waals surface area contributed by atoms with Crippen LogP contribution in [0.5, 0.6) is 5.75 Å². The summed E-state index contributed by atoms with van der Waals surface area (Å²) in [7, 11) is 0. The van der Waals surface area contributed by atoms with Crippen molar-refractivity contribution in [1.29, 1.82) is 0 Å². The Labute approximate surface area is 157 Å². The molecule has 136 valence electrons. The van der Waals surface area contributed by atoms with Gasteiger partial charge in [-0.3, -0.25) is 10.1 Å². The van der Waals surface area contributed by atoms with E-state index in [2.05, 4.69) is 10.6 Å². The van der Waals surface area contributed by atoms with Crippen LogP contribution in [0.25, 0.3) is 0 Å². The average Bonchev–Trinajstić information content (AvgIpc) is 2.62. The Morgan fingerprint density at radius 3 is 2.19 bits per heavy atom. The zero-order chi connectivity index (χ0) is 19.1. The van der Waals surface area contributed by atoms with E-state index in [1.54, 1.807) is 36.4 Å². The molecule has 0 spiro atoms. The number of carboxylic acid groups (broad SMARTS) is 1. The molecule has 1 unspecified atom stereocenters. The topological polar surface area (TPSA) is 87.7 Å². The summed E-state index contributed by atoms with van der Waals surface area (Å²) in [6.07, 6.45) is 1.01.